The Kier molecular flexibility index (Phi) is 4.34. The molecule has 0 saturated carbocycles. The van der Waals surface area contributed by atoms with E-state index in [2.05, 4.69) is 33.2 Å². The van der Waals surface area contributed by atoms with Crippen LogP contribution in [0.15, 0.2) is 22.7 Å². The van der Waals surface area contributed by atoms with E-state index in [1.165, 1.54) is 37.7 Å². The summed E-state index contributed by atoms with van der Waals surface area (Å²) in [6.07, 6.45) is 6.65. The van der Waals surface area contributed by atoms with Gasteiger partial charge in [-0.3, -0.25) is 0 Å². The van der Waals surface area contributed by atoms with Crippen LogP contribution in [0, 0.1) is 0 Å². The van der Waals surface area contributed by atoms with Gasteiger partial charge in [-0.15, -0.1) is 0 Å². The van der Waals surface area contributed by atoms with Crippen LogP contribution in [0.1, 0.15) is 37.7 Å². The fourth-order valence-corrected chi connectivity index (χ4v) is 4.13. The van der Waals surface area contributed by atoms with Gasteiger partial charge in [0.25, 0.3) is 0 Å². The molecule has 2 atom stereocenters. The SMILES string of the molecule is CN1C2CCCC1CC(NCc1ccc(O)c(Br)c1)C2. The lowest BCUT2D eigenvalue weighted by Gasteiger charge is -2.47. The zero-order chi connectivity index (χ0) is 14.1. The fraction of sp³-hybridized carbons (Fsp3) is 0.625. The van der Waals surface area contributed by atoms with Gasteiger partial charge in [0.1, 0.15) is 5.75 Å². The Morgan fingerprint density at radius 3 is 2.65 bits per heavy atom. The Hall–Kier alpha value is -0.580. The van der Waals surface area contributed by atoms with E-state index in [9.17, 15) is 5.11 Å². The zero-order valence-corrected chi connectivity index (χ0v) is 13.6. The molecule has 2 bridgehead atoms. The Labute approximate surface area is 129 Å². The summed E-state index contributed by atoms with van der Waals surface area (Å²) in [6.45, 7) is 0.882. The van der Waals surface area contributed by atoms with E-state index in [1.54, 1.807) is 6.07 Å². The highest BCUT2D eigenvalue weighted by atomic mass is 79.9. The molecule has 2 unspecified atom stereocenters. The largest absolute Gasteiger partial charge is 0.507 e. The third-order valence-corrected chi connectivity index (χ3v) is 5.58. The second-order valence-electron chi connectivity index (χ2n) is 6.24. The molecule has 0 amide bonds. The van der Waals surface area contributed by atoms with Gasteiger partial charge in [0.15, 0.2) is 0 Å². The summed E-state index contributed by atoms with van der Waals surface area (Å²) in [7, 11) is 2.29. The average molecular weight is 339 g/mol. The maximum atomic E-state index is 9.53. The van der Waals surface area contributed by atoms with Gasteiger partial charge < -0.3 is 15.3 Å². The maximum absolute atomic E-state index is 9.53. The molecule has 4 heteroatoms. The van der Waals surface area contributed by atoms with Crippen LogP contribution >= 0.6 is 15.9 Å². The molecular formula is C16H23BrN2O. The fourth-order valence-electron chi connectivity index (χ4n) is 3.71. The maximum Gasteiger partial charge on any atom is 0.129 e. The molecule has 0 aromatic heterocycles. The van der Waals surface area contributed by atoms with Crippen LogP contribution in [-0.2, 0) is 6.54 Å². The standard InChI is InChI=1S/C16H23BrN2O/c1-19-13-3-2-4-14(19)9-12(8-13)18-10-11-5-6-16(20)15(17)7-11/h5-7,12-14,18,20H,2-4,8-10H2,1H3. The van der Waals surface area contributed by atoms with Crippen molar-refractivity contribution in [3.63, 3.8) is 0 Å². The quantitative estimate of drug-likeness (QED) is 0.887. The van der Waals surface area contributed by atoms with Crippen LogP contribution in [0.2, 0.25) is 0 Å². The number of nitrogens with one attached hydrogen (secondary N) is 1. The number of benzene rings is 1. The summed E-state index contributed by atoms with van der Waals surface area (Å²) in [5, 5.41) is 13.2. The lowest BCUT2D eigenvalue weighted by molar-refractivity contribution is 0.0482. The van der Waals surface area contributed by atoms with Crippen molar-refractivity contribution < 1.29 is 5.11 Å². The van der Waals surface area contributed by atoms with Crippen molar-refractivity contribution in [3.05, 3.63) is 28.2 Å². The van der Waals surface area contributed by atoms with Gasteiger partial charge >= 0.3 is 0 Å². The highest BCUT2D eigenvalue weighted by Crippen LogP contribution is 2.32. The first-order valence-corrected chi connectivity index (χ1v) is 8.35. The molecule has 1 aromatic rings. The minimum Gasteiger partial charge on any atom is -0.507 e. The molecule has 3 rings (SSSR count). The predicted octanol–water partition coefficient (Wildman–Crippen LogP) is 3.26. The molecule has 0 spiro atoms. The molecule has 3 nitrogen and oxygen atoms in total. The summed E-state index contributed by atoms with van der Waals surface area (Å²) in [6, 6.07) is 7.91. The van der Waals surface area contributed by atoms with Crippen molar-refractivity contribution in [3.8, 4) is 5.75 Å². The predicted molar refractivity (Wildman–Crippen MR) is 84.9 cm³/mol. The number of piperidine rings is 2. The van der Waals surface area contributed by atoms with Gasteiger partial charge in [0.2, 0.25) is 0 Å². The van der Waals surface area contributed by atoms with Gasteiger partial charge in [0.05, 0.1) is 4.47 Å². The average Bonchev–Trinajstić information content (AvgIpc) is 2.41. The van der Waals surface area contributed by atoms with E-state index >= 15 is 0 Å². The third-order valence-electron chi connectivity index (χ3n) is 4.95. The van der Waals surface area contributed by atoms with E-state index in [0.717, 1.165) is 23.1 Å². The van der Waals surface area contributed by atoms with Gasteiger partial charge in [-0.05, 0) is 66.4 Å². The molecular weight excluding hydrogens is 316 g/mol. The molecule has 2 N–H and O–H groups in total. The number of phenols is 1. The highest BCUT2D eigenvalue weighted by molar-refractivity contribution is 9.10. The van der Waals surface area contributed by atoms with Crippen molar-refractivity contribution in [2.45, 2.75) is 56.8 Å². The van der Waals surface area contributed by atoms with Crippen molar-refractivity contribution >= 4 is 15.9 Å². The minimum atomic E-state index is 0.308. The Morgan fingerprint density at radius 2 is 2.00 bits per heavy atom. The number of aromatic hydroxyl groups is 1. The topological polar surface area (TPSA) is 35.5 Å². The number of nitrogens with zero attached hydrogens (tertiary/aromatic N) is 1. The van der Waals surface area contributed by atoms with Gasteiger partial charge in [-0.1, -0.05) is 12.5 Å². The van der Waals surface area contributed by atoms with E-state index < -0.39 is 0 Å². The highest BCUT2D eigenvalue weighted by Gasteiger charge is 2.35. The Morgan fingerprint density at radius 1 is 1.30 bits per heavy atom. The molecule has 2 saturated heterocycles. The Bertz CT molecular complexity index is 466. The van der Waals surface area contributed by atoms with Crippen molar-refractivity contribution in [2.75, 3.05) is 7.05 Å². The normalized spacial score (nSPS) is 30.4. The second kappa shape index (κ2) is 6.04. The molecule has 0 radical (unpaired) electrons. The summed E-state index contributed by atoms with van der Waals surface area (Å²) in [5.74, 6) is 0.308. The van der Waals surface area contributed by atoms with E-state index in [0.29, 0.717) is 11.8 Å². The smallest absolute Gasteiger partial charge is 0.129 e. The number of fused-ring (bicyclic) bond motifs is 2. The van der Waals surface area contributed by atoms with Crippen LogP contribution in [0.5, 0.6) is 5.75 Å². The summed E-state index contributed by atoms with van der Waals surface area (Å²) in [5.41, 5.74) is 1.22. The van der Waals surface area contributed by atoms with Crippen LogP contribution < -0.4 is 5.32 Å². The molecule has 2 heterocycles. The molecule has 110 valence electrons. The zero-order valence-electron chi connectivity index (χ0n) is 12.0. The molecule has 2 aliphatic rings. The monoisotopic (exact) mass is 338 g/mol. The van der Waals surface area contributed by atoms with Crippen molar-refractivity contribution in [1.82, 2.24) is 10.2 Å². The van der Waals surface area contributed by atoms with Crippen LogP contribution in [-0.4, -0.2) is 35.2 Å². The number of hydrogen-bond acceptors (Lipinski definition) is 3. The summed E-state index contributed by atoms with van der Waals surface area (Å²) < 4.78 is 0.775. The van der Waals surface area contributed by atoms with Crippen LogP contribution in [0.4, 0.5) is 0 Å². The lowest BCUT2D eigenvalue weighted by atomic mass is 9.82. The molecule has 2 fully saturated rings. The summed E-state index contributed by atoms with van der Waals surface area (Å²) >= 11 is 3.37. The second-order valence-corrected chi connectivity index (χ2v) is 7.09. The van der Waals surface area contributed by atoms with Crippen LogP contribution in [0.3, 0.4) is 0 Å². The minimum absolute atomic E-state index is 0.308. The van der Waals surface area contributed by atoms with E-state index in [4.69, 9.17) is 0 Å². The number of hydrogen-bond donors (Lipinski definition) is 2. The molecule has 0 aliphatic carbocycles. The van der Waals surface area contributed by atoms with Gasteiger partial charge in [0, 0.05) is 24.7 Å². The van der Waals surface area contributed by atoms with E-state index in [1.807, 2.05) is 12.1 Å². The number of rotatable bonds is 3. The molecule has 2 aliphatic heterocycles. The number of phenolic OH excluding ortho intramolecular Hbond substituents is 1. The first-order chi connectivity index (χ1) is 9.63. The van der Waals surface area contributed by atoms with Gasteiger partial charge in [-0.2, -0.15) is 0 Å². The van der Waals surface area contributed by atoms with E-state index in [-0.39, 0.29) is 0 Å². The van der Waals surface area contributed by atoms with Gasteiger partial charge in [-0.25, -0.2) is 0 Å². The van der Waals surface area contributed by atoms with Crippen molar-refractivity contribution in [1.29, 1.82) is 0 Å². The van der Waals surface area contributed by atoms with Crippen LogP contribution in [0.25, 0.3) is 0 Å². The third kappa shape index (κ3) is 3.02. The Balaban J connectivity index is 1.57. The first-order valence-electron chi connectivity index (χ1n) is 7.56. The lowest BCUT2D eigenvalue weighted by Crippen LogP contribution is -2.54. The molecule has 20 heavy (non-hydrogen) atoms. The first kappa shape index (κ1) is 14.4. The molecule has 1 aromatic carbocycles. The summed E-state index contributed by atoms with van der Waals surface area (Å²) in [4.78, 5) is 2.60. The van der Waals surface area contributed by atoms with Crippen molar-refractivity contribution in [2.24, 2.45) is 0 Å². The number of halogens is 1.